The van der Waals surface area contributed by atoms with Crippen molar-refractivity contribution in [2.75, 3.05) is 26.9 Å². The van der Waals surface area contributed by atoms with Gasteiger partial charge in [-0.1, -0.05) is 17.7 Å². The van der Waals surface area contributed by atoms with Crippen molar-refractivity contribution in [3.05, 3.63) is 51.2 Å². The van der Waals surface area contributed by atoms with E-state index in [-0.39, 0.29) is 27.4 Å². The van der Waals surface area contributed by atoms with Crippen LogP contribution in [0.2, 0.25) is 5.02 Å². The van der Waals surface area contributed by atoms with Crippen LogP contribution in [0.25, 0.3) is 0 Å². The lowest BCUT2D eigenvalue weighted by atomic mass is 10.2. The molecule has 5 nitrogen and oxygen atoms in total. The van der Waals surface area contributed by atoms with E-state index in [0.29, 0.717) is 6.54 Å². The standard InChI is InChI=1S/C16H19ClN2O3S2/c1-19(2)13(14-5-4-8-23-14)10-18-16(20)11-6-7-12(17)15(9-11)24(3,21)22/h4-9,13H,10H2,1-3H3,(H,18,20). The molecule has 130 valence electrons. The number of benzene rings is 1. The summed E-state index contributed by atoms with van der Waals surface area (Å²) < 4.78 is 23.4. The average Bonchev–Trinajstić information content (AvgIpc) is 3.00. The van der Waals surface area contributed by atoms with Gasteiger partial charge in [0.05, 0.1) is 16.0 Å². The third-order valence-corrected chi connectivity index (χ3v) is 6.10. The van der Waals surface area contributed by atoms with Crippen LogP contribution in [0.4, 0.5) is 0 Å². The van der Waals surface area contributed by atoms with Crippen molar-refractivity contribution in [3.8, 4) is 0 Å². The van der Waals surface area contributed by atoms with E-state index in [0.717, 1.165) is 11.1 Å². The molecule has 0 aliphatic heterocycles. The van der Waals surface area contributed by atoms with E-state index in [1.54, 1.807) is 11.3 Å². The van der Waals surface area contributed by atoms with Crippen LogP contribution in [-0.4, -0.2) is 46.1 Å². The molecule has 1 unspecified atom stereocenters. The molecule has 0 bridgehead atoms. The molecule has 0 aliphatic rings. The highest BCUT2D eigenvalue weighted by atomic mass is 35.5. The number of thiophene rings is 1. The normalized spacial score (nSPS) is 13.0. The number of likely N-dealkylation sites (N-methyl/N-ethyl adjacent to an activating group) is 1. The first kappa shape index (κ1) is 18.9. The highest BCUT2D eigenvalue weighted by Crippen LogP contribution is 2.24. The molecule has 0 saturated heterocycles. The van der Waals surface area contributed by atoms with Gasteiger partial charge in [-0.15, -0.1) is 11.3 Å². The van der Waals surface area contributed by atoms with E-state index < -0.39 is 9.84 Å². The number of carbonyl (C=O) groups excluding carboxylic acids is 1. The SMILES string of the molecule is CN(C)C(CNC(=O)c1ccc(Cl)c(S(C)(=O)=O)c1)c1cccs1. The molecule has 0 radical (unpaired) electrons. The van der Waals surface area contributed by atoms with Gasteiger partial charge in [0.1, 0.15) is 0 Å². The van der Waals surface area contributed by atoms with Gasteiger partial charge in [0.25, 0.3) is 5.91 Å². The molecule has 24 heavy (non-hydrogen) atoms. The summed E-state index contributed by atoms with van der Waals surface area (Å²) in [5.74, 6) is -0.333. The van der Waals surface area contributed by atoms with Crippen molar-refractivity contribution < 1.29 is 13.2 Å². The number of nitrogens with zero attached hydrogens (tertiary/aromatic N) is 1. The molecule has 1 heterocycles. The number of hydrogen-bond donors (Lipinski definition) is 1. The maximum atomic E-state index is 12.4. The zero-order chi connectivity index (χ0) is 17.9. The number of sulfone groups is 1. The largest absolute Gasteiger partial charge is 0.350 e. The Kier molecular flexibility index (Phi) is 6.03. The van der Waals surface area contributed by atoms with Gasteiger partial charge >= 0.3 is 0 Å². The van der Waals surface area contributed by atoms with E-state index in [9.17, 15) is 13.2 Å². The summed E-state index contributed by atoms with van der Waals surface area (Å²) >= 11 is 7.53. The second-order valence-electron chi connectivity index (χ2n) is 5.62. The lowest BCUT2D eigenvalue weighted by Gasteiger charge is -2.23. The summed E-state index contributed by atoms with van der Waals surface area (Å²) in [7, 11) is 0.402. The molecule has 0 spiro atoms. The Labute approximate surface area is 151 Å². The van der Waals surface area contributed by atoms with Crippen molar-refractivity contribution >= 4 is 38.7 Å². The molecule has 2 rings (SSSR count). The average molecular weight is 387 g/mol. The summed E-state index contributed by atoms with van der Waals surface area (Å²) in [4.78, 5) is 15.5. The molecule has 1 atom stereocenters. The quantitative estimate of drug-likeness (QED) is 0.828. The number of amides is 1. The lowest BCUT2D eigenvalue weighted by Crippen LogP contribution is -2.34. The Morgan fingerprint density at radius 3 is 2.58 bits per heavy atom. The second kappa shape index (κ2) is 7.65. The number of rotatable bonds is 6. The molecule has 1 aromatic carbocycles. The molecule has 0 aliphatic carbocycles. The van der Waals surface area contributed by atoms with Gasteiger partial charge in [0, 0.05) is 23.2 Å². The zero-order valence-electron chi connectivity index (χ0n) is 13.6. The molecule has 1 aromatic heterocycles. The molecule has 1 N–H and O–H groups in total. The molecule has 0 fully saturated rings. The highest BCUT2D eigenvalue weighted by molar-refractivity contribution is 7.90. The fourth-order valence-electron chi connectivity index (χ4n) is 2.24. The van der Waals surface area contributed by atoms with Crippen molar-refractivity contribution in [1.82, 2.24) is 10.2 Å². The van der Waals surface area contributed by atoms with Gasteiger partial charge in [0.2, 0.25) is 0 Å². The Bertz CT molecular complexity index is 818. The topological polar surface area (TPSA) is 66.5 Å². The fourth-order valence-corrected chi connectivity index (χ4v) is 4.46. The maximum absolute atomic E-state index is 12.4. The van der Waals surface area contributed by atoms with E-state index in [1.165, 1.54) is 18.2 Å². The van der Waals surface area contributed by atoms with E-state index in [2.05, 4.69) is 5.32 Å². The van der Waals surface area contributed by atoms with Gasteiger partial charge in [-0.3, -0.25) is 4.79 Å². The maximum Gasteiger partial charge on any atom is 0.251 e. The van der Waals surface area contributed by atoms with Crippen LogP contribution in [-0.2, 0) is 9.84 Å². The van der Waals surface area contributed by atoms with Crippen molar-refractivity contribution in [3.63, 3.8) is 0 Å². The number of carbonyl (C=O) groups is 1. The highest BCUT2D eigenvalue weighted by Gasteiger charge is 2.19. The predicted octanol–water partition coefficient (Wildman–Crippen LogP) is 2.84. The zero-order valence-corrected chi connectivity index (χ0v) is 16.0. The van der Waals surface area contributed by atoms with Crippen LogP contribution in [0.5, 0.6) is 0 Å². The summed E-state index contributed by atoms with van der Waals surface area (Å²) in [6.07, 6.45) is 1.06. The van der Waals surface area contributed by atoms with Gasteiger partial charge in [0.15, 0.2) is 9.84 Å². The Morgan fingerprint density at radius 2 is 2.04 bits per heavy atom. The first-order valence-corrected chi connectivity index (χ1v) is 10.3. The first-order chi connectivity index (χ1) is 11.2. The predicted molar refractivity (Wildman–Crippen MR) is 97.6 cm³/mol. The van der Waals surface area contributed by atoms with Crippen LogP contribution in [0.1, 0.15) is 21.3 Å². The monoisotopic (exact) mass is 386 g/mol. The van der Waals surface area contributed by atoms with Gasteiger partial charge in [-0.25, -0.2) is 8.42 Å². The van der Waals surface area contributed by atoms with E-state index in [1.807, 2.05) is 36.5 Å². The minimum atomic E-state index is -3.49. The van der Waals surface area contributed by atoms with Crippen LogP contribution >= 0.6 is 22.9 Å². The van der Waals surface area contributed by atoms with Gasteiger partial charge in [-0.05, 0) is 43.7 Å². The van der Waals surface area contributed by atoms with Crippen molar-refractivity contribution in [2.45, 2.75) is 10.9 Å². The number of nitrogens with one attached hydrogen (secondary N) is 1. The van der Waals surface area contributed by atoms with Crippen LogP contribution in [0, 0.1) is 0 Å². The number of halogens is 1. The Balaban J connectivity index is 2.15. The molecular weight excluding hydrogens is 368 g/mol. The molecular formula is C16H19ClN2O3S2. The summed E-state index contributed by atoms with van der Waals surface area (Å²) in [5, 5.41) is 4.96. The molecule has 0 saturated carbocycles. The minimum Gasteiger partial charge on any atom is -0.350 e. The Hall–Kier alpha value is -1.41. The molecule has 1 amide bonds. The van der Waals surface area contributed by atoms with Crippen LogP contribution < -0.4 is 5.32 Å². The summed E-state index contributed by atoms with van der Waals surface area (Å²) in [6, 6.07) is 8.29. The van der Waals surface area contributed by atoms with E-state index >= 15 is 0 Å². The fraction of sp³-hybridized carbons (Fsp3) is 0.312. The smallest absolute Gasteiger partial charge is 0.251 e. The first-order valence-electron chi connectivity index (χ1n) is 7.18. The van der Waals surface area contributed by atoms with Gasteiger partial charge in [-0.2, -0.15) is 0 Å². The van der Waals surface area contributed by atoms with Gasteiger partial charge < -0.3 is 10.2 Å². The summed E-state index contributed by atoms with van der Waals surface area (Å²) in [5.41, 5.74) is 0.267. The van der Waals surface area contributed by atoms with Crippen LogP contribution in [0.15, 0.2) is 40.6 Å². The molecule has 2 aromatic rings. The third kappa shape index (κ3) is 4.57. The number of hydrogen-bond acceptors (Lipinski definition) is 5. The van der Waals surface area contributed by atoms with Crippen LogP contribution in [0.3, 0.4) is 0 Å². The minimum absolute atomic E-state index is 0.0424. The second-order valence-corrected chi connectivity index (χ2v) is 8.99. The summed E-state index contributed by atoms with van der Waals surface area (Å²) in [6.45, 7) is 0.420. The van der Waals surface area contributed by atoms with E-state index in [4.69, 9.17) is 11.6 Å². The molecule has 8 heteroatoms. The Morgan fingerprint density at radius 1 is 1.33 bits per heavy atom. The van der Waals surface area contributed by atoms with Crippen molar-refractivity contribution in [1.29, 1.82) is 0 Å². The lowest BCUT2D eigenvalue weighted by molar-refractivity contribution is 0.0942. The van der Waals surface area contributed by atoms with Crippen molar-refractivity contribution in [2.24, 2.45) is 0 Å². The third-order valence-electron chi connectivity index (χ3n) is 3.54.